The van der Waals surface area contributed by atoms with Crippen LogP contribution in [0.2, 0.25) is 0 Å². The first-order valence-corrected chi connectivity index (χ1v) is 6.76. The summed E-state index contributed by atoms with van der Waals surface area (Å²) in [5, 5.41) is 0. The molecular formula is C14H18N4. The molecule has 3 unspecified atom stereocenters. The van der Waals surface area contributed by atoms with Crippen molar-refractivity contribution in [2.75, 3.05) is 18.0 Å². The number of nitrogens with zero attached hydrogens (tertiary/aromatic N) is 2. The maximum atomic E-state index is 6.18. The number of anilines is 1. The second-order valence-corrected chi connectivity index (χ2v) is 5.65. The second-order valence-electron chi connectivity index (χ2n) is 5.65. The van der Waals surface area contributed by atoms with E-state index >= 15 is 0 Å². The summed E-state index contributed by atoms with van der Waals surface area (Å²) >= 11 is 0. The Morgan fingerprint density at radius 2 is 2.11 bits per heavy atom. The predicted octanol–water partition coefficient (Wildman–Crippen LogP) is 1.74. The second kappa shape index (κ2) is 3.72. The van der Waals surface area contributed by atoms with E-state index in [0.29, 0.717) is 12.0 Å². The molecule has 1 aromatic carbocycles. The van der Waals surface area contributed by atoms with E-state index in [2.05, 4.69) is 27.0 Å². The molecule has 1 aliphatic heterocycles. The van der Waals surface area contributed by atoms with Crippen LogP contribution >= 0.6 is 0 Å². The Balaban J connectivity index is 1.64. The van der Waals surface area contributed by atoms with Crippen LogP contribution in [0.25, 0.3) is 11.0 Å². The van der Waals surface area contributed by atoms with Gasteiger partial charge in [0.2, 0.25) is 5.95 Å². The zero-order valence-corrected chi connectivity index (χ0v) is 10.3. The minimum Gasteiger partial charge on any atom is -0.342 e. The van der Waals surface area contributed by atoms with Gasteiger partial charge in [0.05, 0.1) is 11.0 Å². The number of aromatic nitrogens is 2. The predicted molar refractivity (Wildman–Crippen MR) is 72.5 cm³/mol. The molecule has 1 aromatic heterocycles. The first-order valence-electron chi connectivity index (χ1n) is 6.76. The average molecular weight is 242 g/mol. The van der Waals surface area contributed by atoms with E-state index < -0.39 is 0 Å². The first kappa shape index (κ1) is 10.4. The van der Waals surface area contributed by atoms with Crippen LogP contribution < -0.4 is 10.6 Å². The van der Waals surface area contributed by atoms with Crippen LogP contribution in [-0.2, 0) is 0 Å². The van der Waals surface area contributed by atoms with E-state index in [9.17, 15) is 0 Å². The summed E-state index contributed by atoms with van der Waals surface area (Å²) in [4.78, 5) is 10.5. The normalized spacial score (nSPS) is 31.2. The van der Waals surface area contributed by atoms with E-state index in [-0.39, 0.29) is 0 Å². The van der Waals surface area contributed by atoms with Gasteiger partial charge in [-0.1, -0.05) is 12.1 Å². The van der Waals surface area contributed by atoms with Crippen molar-refractivity contribution in [3.8, 4) is 0 Å². The molecule has 4 heteroatoms. The summed E-state index contributed by atoms with van der Waals surface area (Å²) in [5.41, 5.74) is 8.35. The Kier molecular flexibility index (Phi) is 2.14. The quantitative estimate of drug-likeness (QED) is 0.800. The maximum absolute atomic E-state index is 6.18. The lowest BCUT2D eigenvalue weighted by Crippen LogP contribution is -2.30. The highest BCUT2D eigenvalue weighted by molar-refractivity contribution is 5.77. The van der Waals surface area contributed by atoms with Crippen LogP contribution in [0.3, 0.4) is 0 Å². The molecule has 0 amide bonds. The highest BCUT2D eigenvalue weighted by Crippen LogP contribution is 2.38. The number of fused-ring (bicyclic) bond motifs is 2. The van der Waals surface area contributed by atoms with Gasteiger partial charge in [-0.15, -0.1) is 0 Å². The van der Waals surface area contributed by atoms with Gasteiger partial charge in [0.15, 0.2) is 0 Å². The molecule has 1 saturated heterocycles. The Labute approximate surface area is 106 Å². The number of aromatic amines is 1. The molecule has 1 aliphatic carbocycles. The molecule has 3 atom stereocenters. The number of imidazole rings is 1. The van der Waals surface area contributed by atoms with Gasteiger partial charge < -0.3 is 15.6 Å². The summed E-state index contributed by atoms with van der Waals surface area (Å²) in [6, 6.07) is 8.59. The Hall–Kier alpha value is -1.55. The molecule has 3 N–H and O–H groups in total. The molecule has 2 aliphatic rings. The molecule has 1 saturated carbocycles. The fourth-order valence-electron chi connectivity index (χ4n) is 3.57. The Morgan fingerprint density at radius 1 is 1.22 bits per heavy atom. The molecule has 2 fully saturated rings. The topological polar surface area (TPSA) is 57.9 Å². The lowest BCUT2D eigenvalue weighted by molar-refractivity contribution is 0.453. The SMILES string of the molecule is NC1CCC2CN(c3nc4ccccc4[nH]3)CC12. The minimum atomic E-state index is 0.393. The lowest BCUT2D eigenvalue weighted by Gasteiger charge is -2.17. The molecular weight excluding hydrogens is 224 g/mol. The van der Waals surface area contributed by atoms with E-state index in [1.165, 1.54) is 12.8 Å². The minimum absolute atomic E-state index is 0.393. The van der Waals surface area contributed by atoms with Crippen molar-refractivity contribution in [2.24, 2.45) is 17.6 Å². The van der Waals surface area contributed by atoms with E-state index in [1.807, 2.05) is 12.1 Å². The molecule has 2 heterocycles. The Morgan fingerprint density at radius 3 is 2.94 bits per heavy atom. The molecule has 4 nitrogen and oxygen atoms in total. The fraction of sp³-hybridized carbons (Fsp3) is 0.500. The third-order valence-electron chi connectivity index (χ3n) is 4.59. The van der Waals surface area contributed by atoms with E-state index in [4.69, 9.17) is 5.73 Å². The summed E-state index contributed by atoms with van der Waals surface area (Å²) in [6.07, 6.45) is 2.48. The molecule has 0 bridgehead atoms. The third kappa shape index (κ3) is 1.45. The van der Waals surface area contributed by atoms with E-state index in [0.717, 1.165) is 36.0 Å². The molecule has 0 spiro atoms. The van der Waals surface area contributed by atoms with Crippen molar-refractivity contribution in [3.63, 3.8) is 0 Å². The highest BCUT2D eigenvalue weighted by Gasteiger charge is 2.41. The van der Waals surface area contributed by atoms with Gasteiger partial charge in [-0.25, -0.2) is 4.98 Å². The van der Waals surface area contributed by atoms with Crippen LogP contribution in [0.1, 0.15) is 12.8 Å². The summed E-state index contributed by atoms with van der Waals surface area (Å²) in [7, 11) is 0. The van der Waals surface area contributed by atoms with Crippen LogP contribution in [0.4, 0.5) is 5.95 Å². The van der Waals surface area contributed by atoms with Crippen molar-refractivity contribution in [3.05, 3.63) is 24.3 Å². The number of para-hydroxylation sites is 2. The highest BCUT2D eigenvalue weighted by atomic mass is 15.3. The van der Waals surface area contributed by atoms with Gasteiger partial charge in [-0.05, 0) is 36.8 Å². The van der Waals surface area contributed by atoms with Gasteiger partial charge in [0, 0.05) is 19.1 Å². The van der Waals surface area contributed by atoms with Crippen LogP contribution in [0.5, 0.6) is 0 Å². The number of hydrogen-bond donors (Lipinski definition) is 2. The third-order valence-corrected chi connectivity index (χ3v) is 4.59. The number of hydrogen-bond acceptors (Lipinski definition) is 3. The maximum Gasteiger partial charge on any atom is 0.203 e. The summed E-state index contributed by atoms with van der Waals surface area (Å²) in [6.45, 7) is 2.17. The van der Waals surface area contributed by atoms with Crippen LogP contribution in [-0.4, -0.2) is 29.1 Å². The van der Waals surface area contributed by atoms with Gasteiger partial charge in [0.1, 0.15) is 0 Å². The zero-order chi connectivity index (χ0) is 12.1. The van der Waals surface area contributed by atoms with Crippen molar-refractivity contribution >= 4 is 17.0 Å². The monoisotopic (exact) mass is 242 g/mol. The van der Waals surface area contributed by atoms with Gasteiger partial charge in [-0.3, -0.25) is 0 Å². The molecule has 94 valence electrons. The molecule has 2 aromatic rings. The standard InChI is InChI=1S/C14H18N4/c15-11-6-5-9-7-18(8-10(9)11)14-16-12-3-1-2-4-13(12)17-14/h1-4,9-11H,5-8,15H2,(H,16,17). The number of H-pyrrole nitrogens is 1. The smallest absolute Gasteiger partial charge is 0.203 e. The summed E-state index contributed by atoms with van der Waals surface area (Å²) in [5.74, 6) is 2.45. The molecule has 0 radical (unpaired) electrons. The Bertz CT molecular complexity index is 543. The number of benzene rings is 1. The number of rotatable bonds is 1. The lowest BCUT2D eigenvalue weighted by atomic mass is 9.98. The van der Waals surface area contributed by atoms with Crippen molar-refractivity contribution in [1.82, 2.24) is 9.97 Å². The van der Waals surface area contributed by atoms with E-state index in [1.54, 1.807) is 0 Å². The van der Waals surface area contributed by atoms with Crippen molar-refractivity contribution in [1.29, 1.82) is 0 Å². The molecule has 4 rings (SSSR count). The van der Waals surface area contributed by atoms with Gasteiger partial charge >= 0.3 is 0 Å². The number of nitrogens with two attached hydrogens (primary N) is 1. The van der Waals surface area contributed by atoms with Gasteiger partial charge in [-0.2, -0.15) is 0 Å². The summed E-state index contributed by atoms with van der Waals surface area (Å²) < 4.78 is 0. The average Bonchev–Trinajstić information content (AvgIpc) is 3.04. The fourth-order valence-corrected chi connectivity index (χ4v) is 3.57. The number of nitrogens with one attached hydrogen (secondary N) is 1. The van der Waals surface area contributed by atoms with Gasteiger partial charge in [0.25, 0.3) is 0 Å². The van der Waals surface area contributed by atoms with Crippen LogP contribution in [0, 0.1) is 11.8 Å². The van der Waals surface area contributed by atoms with Crippen molar-refractivity contribution in [2.45, 2.75) is 18.9 Å². The zero-order valence-electron chi connectivity index (χ0n) is 10.3. The van der Waals surface area contributed by atoms with Crippen LogP contribution in [0.15, 0.2) is 24.3 Å². The molecule has 18 heavy (non-hydrogen) atoms. The largest absolute Gasteiger partial charge is 0.342 e. The first-order chi connectivity index (χ1) is 8.81. The van der Waals surface area contributed by atoms with Crippen molar-refractivity contribution < 1.29 is 0 Å².